The van der Waals surface area contributed by atoms with E-state index in [2.05, 4.69) is 6.92 Å². The maximum absolute atomic E-state index is 12.5. The fourth-order valence-electron chi connectivity index (χ4n) is 5.01. The van der Waals surface area contributed by atoms with E-state index in [4.69, 9.17) is 4.74 Å². The van der Waals surface area contributed by atoms with Crippen LogP contribution in [0.25, 0.3) is 0 Å². The van der Waals surface area contributed by atoms with Crippen molar-refractivity contribution in [3.05, 3.63) is 47.5 Å². The van der Waals surface area contributed by atoms with Crippen molar-refractivity contribution in [1.82, 2.24) is 0 Å². The first-order valence-electron chi connectivity index (χ1n) is 11.1. The Kier molecular flexibility index (Phi) is 7.48. The molecule has 2 saturated carbocycles. The van der Waals surface area contributed by atoms with Gasteiger partial charge in [0, 0.05) is 18.3 Å². The minimum atomic E-state index is -0.651. The number of ketones is 1. The molecular formula is C25H34O5. The number of aryl methyl sites for hydroxylation is 1. The number of hydrogen-bond acceptors (Lipinski definition) is 5. The number of aliphatic hydroxyl groups excluding tert-OH is 2. The van der Waals surface area contributed by atoms with E-state index in [9.17, 15) is 19.8 Å². The van der Waals surface area contributed by atoms with Gasteiger partial charge < -0.3 is 14.9 Å². The summed E-state index contributed by atoms with van der Waals surface area (Å²) in [6, 6.07) is 7.23. The van der Waals surface area contributed by atoms with Gasteiger partial charge in [-0.15, -0.1) is 0 Å². The summed E-state index contributed by atoms with van der Waals surface area (Å²) < 4.78 is 4.71. The maximum Gasteiger partial charge on any atom is 0.337 e. The molecule has 1 aromatic carbocycles. The SMILES string of the molecule is CCC1(C(O)C/C=C/[C@H]2C(O)CC(=O)[C@@H]2CCc2ccc(C(=O)OC)cc2)CCC1. The maximum atomic E-state index is 12.5. The molecule has 164 valence electrons. The molecule has 0 saturated heterocycles. The lowest BCUT2D eigenvalue weighted by Gasteiger charge is -2.45. The van der Waals surface area contributed by atoms with Gasteiger partial charge in [0.2, 0.25) is 0 Å². The molecule has 2 aliphatic rings. The number of rotatable bonds is 9. The smallest absolute Gasteiger partial charge is 0.337 e. The second-order valence-corrected chi connectivity index (χ2v) is 8.90. The number of Topliss-reactive ketones (excluding diaryl/α,β-unsaturated/α-hetero) is 1. The molecule has 4 atom stereocenters. The third-order valence-electron chi connectivity index (χ3n) is 7.33. The van der Waals surface area contributed by atoms with Crippen molar-refractivity contribution in [2.24, 2.45) is 17.3 Å². The number of carbonyl (C=O) groups excluding carboxylic acids is 2. The van der Waals surface area contributed by atoms with Crippen molar-refractivity contribution >= 4 is 11.8 Å². The van der Waals surface area contributed by atoms with E-state index >= 15 is 0 Å². The minimum Gasteiger partial charge on any atom is -0.465 e. The van der Waals surface area contributed by atoms with Crippen LogP contribution in [0.4, 0.5) is 0 Å². The molecule has 3 rings (SSSR count). The van der Waals surface area contributed by atoms with Crippen LogP contribution in [0.15, 0.2) is 36.4 Å². The van der Waals surface area contributed by atoms with E-state index in [1.54, 1.807) is 12.1 Å². The summed E-state index contributed by atoms with van der Waals surface area (Å²) in [5.41, 5.74) is 1.61. The van der Waals surface area contributed by atoms with Crippen LogP contribution in [-0.2, 0) is 16.0 Å². The Morgan fingerprint density at radius 1 is 1.30 bits per heavy atom. The van der Waals surface area contributed by atoms with Gasteiger partial charge in [-0.1, -0.05) is 37.6 Å². The van der Waals surface area contributed by atoms with Crippen LogP contribution in [0.3, 0.4) is 0 Å². The topological polar surface area (TPSA) is 83.8 Å². The molecule has 0 radical (unpaired) electrons. The highest BCUT2D eigenvalue weighted by Crippen LogP contribution is 2.47. The van der Waals surface area contributed by atoms with Crippen LogP contribution >= 0.6 is 0 Å². The van der Waals surface area contributed by atoms with Gasteiger partial charge in [0.1, 0.15) is 5.78 Å². The molecule has 0 spiro atoms. The number of benzene rings is 1. The van der Waals surface area contributed by atoms with Crippen molar-refractivity contribution in [2.45, 2.75) is 70.5 Å². The summed E-state index contributed by atoms with van der Waals surface area (Å²) in [5.74, 6) is -0.668. The van der Waals surface area contributed by atoms with Crippen LogP contribution in [0, 0.1) is 17.3 Å². The zero-order valence-electron chi connectivity index (χ0n) is 18.0. The van der Waals surface area contributed by atoms with Crippen molar-refractivity contribution in [3.8, 4) is 0 Å². The van der Waals surface area contributed by atoms with Crippen molar-refractivity contribution in [3.63, 3.8) is 0 Å². The summed E-state index contributed by atoms with van der Waals surface area (Å²) in [6.45, 7) is 2.14. The fourth-order valence-corrected chi connectivity index (χ4v) is 5.01. The number of esters is 1. The monoisotopic (exact) mass is 414 g/mol. The van der Waals surface area contributed by atoms with E-state index in [1.807, 2.05) is 24.3 Å². The van der Waals surface area contributed by atoms with E-state index in [0.717, 1.165) is 24.8 Å². The number of hydrogen-bond donors (Lipinski definition) is 2. The molecular weight excluding hydrogens is 380 g/mol. The summed E-state index contributed by atoms with van der Waals surface area (Å²) in [6.07, 6.45) is 9.39. The van der Waals surface area contributed by atoms with Crippen molar-refractivity contribution in [1.29, 1.82) is 0 Å². The van der Waals surface area contributed by atoms with Gasteiger partial charge in [0.25, 0.3) is 0 Å². The number of ether oxygens (including phenoxy) is 1. The highest BCUT2D eigenvalue weighted by Gasteiger charge is 2.42. The molecule has 2 aliphatic carbocycles. The zero-order valence-corrected chi connectivity index (χ0v) is 18.0. The minimum absolute atomic E-state index is 0.0597. The highest BCUT2D eigenvalue weighted by molar-refractivity contribution is 5.89. The van der Waals surface area contributed by atoms with Gasteiger partial charge in [-0.2, -0.15) is 0 Å². The van der Waals surface area contributed by atoms with E-state index in [1.165, 1.54) is 13.5 Å². The molecule has 0 heterocycles. The lowest BCUT2D eigenvalue weighted by atomic mass is 9.63. The average molecular weight is 415 g/mol. The first kappa shape index (κ1) is 22.7. The first-order chi connectivity index (χ1) is 14.4. The van der Waals surface area contributed by atoms with Crippen molar-refractivity contribution in [2.75, 3.05) is 7.11 Å². The van der Waals surface area contributed by atoms with Crippen LogP contribution in [0.1, 0.15) is 67.8 Å². The van der Waals surface area contributed by atoms with Crippen LogP contribution < -0.4 is 0 Å². The normalized spacial score (nSPS) is 26.5. The predicted octanol–water partition coefficient (Wildman–Crippen LogP) is 3.86. The van der Waals surface area contributed by atoms with Gasteiger partial charge in [-0.05, 0) is 61.6 Å². The molecule has 2 unspecified atom stereocenters. The zero-order chi connectivity index (χ0) is 21.7. The number of methoxy groups -OCH3 is 1. The van der Waals surface area contributed by atoms with Crippen molar-refractivity contribution < 1.29 is 24.5 Å². The Morgan fingerprint density at radius 3 is 2.57 bits per heavy atom. The molecule has 2 N–H and O–H groups in total. The molecule has 5 heteroatoms. The molecule has 30 heavy (non-hydrogen) atoms. The average Bonchev–Trinajstić information content (AvgIpc) is 2.98. The van der Waals surface area contributed by atoms with E-state index in [-0.39, 0.29) is 41.5 Å². The second-order valence-electron chi connectivity index (χ2n) is 8.90. The summed E-state index contributed by atoms with van der Waals surface area (Å²) in [7, 11) is 1.36. The lowest BCUT2D eigenvalue weighted by molar-refractivity contribution is -0.121. The first-order valence-corrected chi connectivity index (χ1v) is 11.1. The van der Waals surface area contributed by atoms with Crippen LogP contribution in [0.2, 0.25) is 0 Å². The lowest BCUT2D eigenvalue weighted by Crippen LogP contribution is -2.40. The van der Waals surface area contributed by atoms with E-state index in [0.29, 0.717) is 24.8 Å². The van der Waals surface area contributed by atoms with E-state index < -0.39 is 6.10 Å². The summed E-state index contributed by atoms with van der Waals surface area (Å²) in [5, 5.41) is 21.0. The predicted molar refractivity (Wildman–Crippen MR) is 115 cm³/mol. The Balaban J connectivity index is 1.57. The van der Waals surface area contributed by atoms with Gasteiger partial charge in [-0.25, -0.2) is 4.79 Å². The summed E-state index contributed by atoms with van der Waals surface area (Å²) >= 11 is 0. The molecule has 0 aromatic heterocycles. The van der Waals surface area contributed by atoms with Gasteiger partial charge in [0.15, 0.2) is 0 Å². The molecule has 0 amide bonds. The fraction of sp³-hybridized carbons (Fsp3) is 0.600. The highest BCUT2D eigenvalue weighted by atomic mass is 16.5. The standard InChI is InChI=1S/C25H34O5/c1-3-25(14-5-15-25)23(28)7-4-6-19-20(22(27)16-21(19)26)13-10-17-8-11-18(12-9-17)24(29)30-2/h4,6,8-9,11-12,19-21,23,26,28H,3,5,7,10,13-16H2,1-2H3/b6-4+/t19-,20-,21?,23?/m1/s1. The molecule has 1 aromatic rings. The van der Waals surface area contributed by atoms with Crippen LogP contribution in [0.5, 0.6) is 0 Å². The quantitative estimate of drug-likeness (QED) is 0.474. The van der Waals surface area contributed by atoms with Gasteiger partial charge in [0.05, 0.1) is 24.9 Å². The Morgan fingerprint density at radius 2 is 2.00 bits per heavy atom. The van der Waals surface area contributed by atoms with Crippen LogP contribution in [-0.4, -0.2) is 41.3 Å². The molecule has 0 bridgehead atoms. The second kappa shape index (κ2) is 9.88. The summed E-state index contributed by atoms with van der Waals surface area (Å²) in [4.78, 5) is 24.0. The molecule has 2 fully saturated rings. The molecule has 5 nitrogen and oxygen atoms in total. The largest absolute Gasteiger partial charge is 0.465 e. The Hall–Kier alpha value is -1.98. The van der Waals surface area contributed by atoms with Gasteiger partial charge >= 0.3 is 5.97 Å². The number of carbonyl (C=O) groups is 2. The molecule has 0 aliphatic heterocycles. The Labute approximate surface area is 179 Å². The third kappa shape index (κ3) is 4.84. The third-order valence-corrected chi connectivity index (χ3v) is 7.33. The Bertz CT molecular complexity index is 757. The van der Waals surface area contributed by atoms with Gasteiger partial charge in [-0.3, -0.25) is 4.79 Å². The number of aliphatic hydroxyl groups is 2.